The Morgan fingerprint density at radius 1 is 0.929 bits per heavy atom. The van der Waals surface area contributed by atoms with Crippen molar-refractivity contribution in [3.8, 4) is 23.0 Å². The molecule has 2 aliphatic rings. The molecule has 1 aliphatic carbocycles. The van der Waals surface area contributed by atoms with Gasteiger partial charge in [0.15, 0.2) is 17.7 Å². The van der Waals surface area contributed by atoms with Gasteiger partial charge in [0, 0.05) is 29.2 Å². The smallest absolute Gasteiger partial charge is 0.311 e. The van der Waals surface area contributed by atoms with Gasteiger partial charge in [-0.2, -0.15) is 4.73 Å². The van der Waals surface area contributed by atoms with Gasteiger partial charge in [-0.05, 0) is 56.2 Å². The largest absolute Gasteiger partial charge is 0.618 e. The first-order chi connectivity index (χ1) is 20.2. The minimum absolute atomic E-state index is 0.132. The molecule has 0 spiro atoms. The number of ether oxygens (including phenoxy) is 5. The first-order valence-corrected chi connectivity index (χ1v) is 13.9. The molecule has 8 nitrogen and oxygen atoms in total. The predicted octanol–water partition coefficient (Wildman–Crippen LogP) is 5.87. The lowest BCUT2D eigenvalue weighted by Crippen LogP contribution is -2.36. The Balaban J connectivity index is 1.52. The normalized spacial score (nSPS) is 18.8. The fraction of sp³-hybridized carbons (Fsp3) is 0.294. The monoisotopic (exact) mass is 567 g/mol. The maximum absolute atomic E-state index is 14.2. The van der Waals surface area contributed by atoms with Crippen LogP contribution in [0.1, 0.15) is 60.6 Å². The van der Waals surface area contributed by atoms with Gasteiger partial charge in [0.25, 0.3) is 0 Å². The molecule has 3 aromatic carbocycles. The van der Waals surface area contributed by atoms with Gasteiger partial charge in [0.05, 0.1) is 18.9 Å². The molecule has 2 heterocycles. The number of aromatic nitrogens is 1. The lowest BCUT2D eigenvalue weighted by Gasteiger charge is -2.29. The van der Waals surface area contributed by atoms with Crippen LogP contribution in [-0.4, -0.2) is 25.5 Å². The summed E-state index contributed by atoms with van der Waals surface area (Å²) in [6.45, 7) is 5.95. The number of benzene rings is 3. The van der Waals surface area contributed by atoms with Crippen LogP contribution < -0.4 is 23.7 Å². The molecule has 1 aromatic heterocycles. The van der Waals surface area contributed by atoms with Crippen LogP contribution in [0, 0.1) is 11.1 Å². The van der Waals surface area contributed by atoms with E-state index in [2.05, 4.69) is 0 Å². The number of carbonyl (C=O) groups excluding carboxylic acids is 1. The molecule has 0 amide bonds. The summed E-state index contributed by atoms with van der Waals surface area (Å²) in [6.07, 6.45) is 1.47. The van der Waals surface area contributed by atoms with Crippen molar-refractivity contribution in [3.05, 3.63) is 118 Å². The highest BCUT2D eigenvalue weighted by Gasteiger charge is 2.53. The highest BCUT2D eigenvalue weighted by molar-refractivity contribution is 5.79. The molecule has 0 bridgehead atoms. The van der Waals surface area contributed by atoms with Gasteiger partial charge >= 0.3 is 5.97 Å². The van der Waals surface area contributed by atoms with E-state index in [9.17, 15) is 10.0 Å². The van der Waals surface area contributed by atoms with E-state index >= 15 is 0 Å². The number of carbonyl (C=O) groups is 1. The number of hydrogen-bond acceptors (Lipinski definition) is 7. The summed E-state index contributed by atoms with van der Waals surface area (Å²) in [6, 6.07) is 24.6. The summed E-state index contributed by atoms with van der Waals surface area (Å²) < 4.78 is 30.0. The third kappa shape index (κ3) is 5.20. The molecule has 0 saturated carbocycles. The van der Waals surface area contributed by atoms with E-state index in [0.717, 1.165) is 21.4 Å². The molecule has 0 saturated heterocycles. The van der Waals surface area contributed by atoms with Crippen molar-refractivity contribution in [2.45, 2.75) is 44.8 Å². The van der Waals surface area contributed by atoms with Crippen molar-refractivity contribution in [1.29, 1.82) is 0 Å². The Kier molecular flexibility index (Phi) is 7.14. The summed E-state index contributed by atoms with van der Waals surface area (Å²) in [5.74, 6) is 0.0391. The van der Waals surface area contributed by atoms with Crippen molar-refractivity contribution in [3.63, 3.8) is 0 Å². The van der Waals surface area contributed by atoms with E-state index in [0.29, 0.717) is 40.9 Å². The topological polar surface area (TPSA) is 90.2 Å². The molecule has 4 aromatic rings. The zero-order valence-electron chi connectivity index (χ0n) is 24.0. The number of pyridine rings is 1. The predicted molar refractivity (Wildman–Crippen MR) is 155 cm³/mol. The fourth-order valence-corrected chi connectivity index (χ4v) is 5.89. The molecule has 0 N–H and O–H groups in total. The molecule has 0 unspecified atom stereocenters. The number of hydrogen-bond donors (Lipinski definition) is 0. The number of nitrogens with zero attached hydrogens (tertiary/aromatic N) is 1. The third-order valence-corrected chi connectivity index (χ3v) is 7.61. The average Bonchev–Trinajstić information content (AvgIpc) is 3.58. The van der Waals surface area contributed by atoms with Crippen molar-refractivity contribution < 1.29 is 33.2 Å². The van der Waals surface area contributed by atoms with Crippen molar-refractivity contribution in [2.24, 2.45) is 5.92 Å². The molecule has 42 heavy (non-hydrogen) atoms. The third-order valence-electron chi connectivity index (χ3n) is 7.61. The molecule has 8 heteroatoms. The van der Waals surface area contributed by atoms with Crippen LogP contribution in [0.4, 0.5) is 0 Å². The summed E-state index contributed by atoms with van der Waals surface area (Å²) in [4.78, 5) is 14.2. The van der Waals surface area contributed by atoms with Gasteiger partial charge in [-0.15, -0.1) is 0 Å². The first kappa shape index (κ1) is 27.4. The van der Waals surface area contributed by atoms with Crippen LogP contribution in [0.3, 0.4) is 0 Å². The quantitative estimate of drug-likeness (QED) is 0.157. The van der Waals surface area contributed by atoms with Crippen LogP contribution in [-0.2, 0) is 16.1 Å². The van der Waals surface area contributed by atoms with Crippen LogP contribution in [0.25, 0.3) is 0 Å². The average molecular weight is 568 g/mol. The van der Waals surface area contributed by atoms with Crippen LogP contribution in [0.5, 0.6) is 23.0 Å². The van der Waals surface area contributed by atoms with Crippen molar-refractivity contribution >= 4 is 5.97 Å². The maximum Gasteiger partial charge on any atom is 0.311 e. The Hall–Kier alpha value is -4.72. The van der Waals surface area contributed by atoms with Crippen LogP contribution in [0.15, 0.2) is 85.1 Å². The Bertz CT molecular complexity index is 1610. The Morgan fingerprint density at radius 2 is 1.71 bits per heavy atom. The molecule has 3 atom stereocenters. The molecule has 0 fully saturated rings. The van der Waals surface area contributed by atoms with Gasteiger partial charge in [-0.3, -0.25) is 4.79 Å². The molecule has 0 radical (unpaired) electrons. The number of fused-ring (bicyclic) bond motifs is 2. The zero-order valence-corrected chi connectivity index (χ0v) is 24.0. The van der Waals surface area contributed by atoms with Gasteiger partial charge in [-0.1, -0.05) is 42.5 Å². The van der Waals surface area contributed by atoms with Crippen LogP contribution >= 0.6 is 0 Å². The number of methoxy groups -OCH3 is 1. The minimum Gasteiger partial charge on any atom is -0.618 e. The van der Waals surface area contributed by atoms with E-state index in [1.165, 1.54) is 6.20 Å². The standard InChI is InChI=1S/C34H33NO7/c1-34(2,3)42-33(36)31-29(22-12-15-26-28(17-22)41-20-40-26)25-11-8-16-35(37)32(25)30(31)24-14-13-23(38-4)18-27(24)39-19-21-9-6-5-7-10-21/h5-18,29-31H,19-20H2,1-4H3/t29-,30-,31+/m0/s1. The van der Waals surface area contributed by atoms with Gasteiger partial charge in [0.2, 0.25) is 12.5 Å². The van der Waals surface area contributed by atoms with Gasteiger partial charge in [0.1, 0.15) is 23.7 Å². The van der Waals surface area contributed by atoms with E-state index in [4.69, 9.17) is 23.7 Å². The fourth-order valence-electron chi connectivity index (χ4n) is 5.89. The van der Waals surface area contributed by atoms with Crippen molar-refractivity contribution in [1.82, 2.24) is 0 Å². The molecular formula is C34H33NO7. The first-order valence-electron chi connectivity index (χ1n) is 13.9. The summed E-state index contributed by atoms with van der Waals surface area (Å²) in [7, 11) is 1.59. The molecule has 6 rings (SSSR count). The van der Waals surface area contributed by atoms with Crippen LogP contribution in [0.2, 0.25) is 0 Å². The Morgan fingerprint density at radius 3 is 2.48 bits per heavy atom. The molecular weight excluding hydrogens is 534 g/mol. The second-order valence-electron chi connectivity index (χ2n) is 11.5. The van der Waals surface area contributed by atoms with Crippen molar-refractivity contribution in [2.75, 3.05) is 13.9 Å². The lowest BCUT2D eigenvalue weighted by atomic mass is 9.79. The summed E-state index contributed by atoms with van der Waals surface area (Å²) >= 11 is 0. The van der Waals surface area contributed by atoms with Gasteiger partial charge in [-0.25, -0.2) is 0 Å². The molecule has 216 valence electrons. The zero-order chi connectivity index (χ0) is 29.4. The summed E-state index contributed by atoms with van der Waals surface area (Å²) in [5, 5.41) is 13.6. The second-order valence-corrected chi connectivity index (χ2v) is 11.5. The number of rotatable bonds is 7. The maximum atomic E-state index is 14.2. The lowest BCUT2D eigenvalue weighted by molar-refractivity contribution is -0.614. The van der Waals surface area contributed by atoms with E-state index in [1.807, 2.05) is 87.5 Å². The van der Waals surface area contributed by atoms with Gasteiger partial charge < -0.3 is 28.9 Å². The highest BCUT2D eigenvalue weighted by Crippen LogP contribution is 2.55. The number of esters is 1. The second kappa shape index (κ2) is 10.9. The molecule has 1 aliphatic heterocycles. The van der Waals surface area contributed by atoms with E-state index < -0.39 is 29.3 Å². The van der Waals surface area contributed by atoms with E-state index in [-0.39, 0.29) is 6.79 Å². The van der Waals surface area contributed by atoms with E-state index in [1.54, 1.807) is 19.2 Å². The SMILES string of the molecule is COc1ccc([C@@H]2c3c(ccc[n+]3[O-])[C@H](c3ccc4c(c3)OCO4)[C@H]2C(=O)OC(C)(C)C)c(OCc2ccccc2)c1. The highest BCUT2D eigenvalue weighted by atomic mass is 16.7. The minimum atomic E-state index is -0.769. The Labute approximate surface area is 245 Å². The summed E-state index contributed by atoms with van der Waals surface area (Å²) in [5.41, 5.74) is 2.99.